The molecule has 1 saturated carbocycles. The van der Waals surface area contributed by atoms with Crippen LogP contribution in [0.2, 0.25) is 0 Å². The van der Waals surface area contributed by atoms with Crippen molar-refractivity contribution in [1.82, 2.24) is 0 Å². The molecule has 0 saturated heterocycles. The zero-order chi connectivity index (χ0) is 18.4. The largest absolute Gasteiger partial charge is 0.462 e. The molecule has 4 heteroatoms. The van der Waals surface area contributed by atoms with Gasteiger partial charge in [0.25, 0.3) is 0 Å². The summed E-state index contributed by atoms with van der Waals surface area (Å²) in [4.78, 5) is 23.9. The van der Waals surface area contributed by atoms with Crippen LogP contribution in [0.5, 0.6) is 0 Å². The number of anilines is 1. The third-order valence-electron chi connectivity index (χ3n) is 5.37. The van der Waals surface area contributed by atoms with Gasteiger partial charge in [-0.05, 0) is 55.4 Å². The van der Waals surface area contributed by atoms with Gasteiger partial charge >= 0.3 is 5.97 Å². The van der Waals surface area contributed by atoms with E-state index < -0.39 is 0 Å². The van der Waals surface area contributed by atoms with Crippen LogP contribution < -0.4 is 5.32 Å². The Hall–Kier alpha value is -2.10. The molecule has 2 rings (SSSR count). The minimum Gasteiger partial charge on any atom is -0.462 e. The Labute approximate surface area is 150 Å². The Morgan fingerprint density at radius 2 is 1.96 bits per heavy atom. The summed E-state index contributed by atoms with van der Waals surface area (Å²) in [5.41, 5.74) is 2.50. The van der Waals surface area contributed by atoms with Gasteiger partial charge in [0, 0.05) is 23.9 Å². The Balaban J connectivity index is 2.04. The van der Waals surface area contributed by atoms with Gasteiger partial charge in [-0.1, -0.05) is 27.2 Å². The summed E-state index contributed by atoms with van der Waals surface area (Å²) in [6, 6.07) is 7.10. The smallest absolute Gasteiger partial charge is 0.338 e. The zero-order valence-corrected chi connectivity index (χ0v) is 15.7. The highest BCUT2D eigenvalue weighted by Gasteiger charge is 2.33. The molecule has 0 aromatic heterocycles. The topological polar surface area (TPSA) is 55.4 Å². The molecule has 4 nitrogen and oxygen atoms in total. The molecule has 1 aliphatic rings. The fourth-order valence-electron chi connectivity index (χ4n) is 3.13. The normalized spacial score (nSPS) is 19.8. The summed E-state index contributed by atoms with van der Waals surface area (Å²) < 4.78 is 4.98. The number of ether oxygens (including phenoxy) is 1. The maximum atomic E-state index is 12.2. The first-order valence-electron chi connectivity index (χ1n) is 9.13. The first kappa shape index (κ1) is 19.2. The van der Waals surface area contributed by atoms with Crippen LogP contribution >= 0.6 is 0 Å². The van der Waals surface area contributed by atoms with E-state index in [1.165, 1.54) is 0 Å². The van der Waals surface area contributed by atoms with E-state index in [1.807, 2.05) is 18.3 Å². The summed E-state index contributed by atoms with van der Waals surface area (Å²) in [5.74, 6) is 0.452. The predicted octanol–water partition coefficient (Wildman–Crippen LogP) is 4.96. The van der Waals surface area contributed by atoms with Crippen molar-refractivity contribution in [3.05, 3.63) is 41.6 Å². The third kappa shape index (κ3) is 4.94. The van der Waals surface area contributed by atoms with Crippen molar-refractivity contribution in [3.63, 3.8) is 0 Å². The lowest BCUT2D eigenvalue weighted by Crippen LogP contribution is -2.29. The van der Waals surface area contributed by atoms with Crippen molar-refractivity contribution >= 4 is 17.4 Å². The zero-order valence-electron chi connectivity index (χ0n) is 15.7. The van der Waals surface area contributed by atoms with Gasteiger partial charge < -0.3 is 10.1 Å². The first-order chi connectivity index (χ1) is 11.9. The van der Waals surface area contributed by atoms with Gasteiger partial charge in [-0.2, -0.15) is 0 Å². The van der Waals surface area contributed by atoms with E-state index in [1.54, 1.807) is 19.1 Å². The average molecular weight is 343 g/mol. The molecule has 0 heterocycles. The summed E-state index contributed by atoms with van der Waals surface area (Å²) in [6.45, 7) is 8.93. The van der Waals surface area contributed by atoms with E-state index in [9.17, 15) is 9.59 Å². The van der Waals surface area contributed by atoms with E-state index in [4.69, 9.17) is 4.74 Å². The molecule has 0 aliphatic heterocycles. The van der Waals surface area contributed by atoms with Gasteiger partial charge in [-0.25, -0.2) is 4.79 Å². The molecule has 1 fully saturated rings. The Morgan fingerprint density at radius 1 is 1.28 bits per heavy atom. The van der Waals surface area contributed by atoms with Gasteiger partial charge in [-0.3, -0.25) is 4.79 Å². The second kappa shape index (κ2) is 8.32. The van der Waals surface area contributed by atoms with Crippen LogP contribution in [0.3, 0.4) is 0 Å². The van der Waals surface area contributed by atoms with Crippen LogP contribution in [-0.4, -0.2) is 18.4 Å². The number of esters is 1. The maximum absolute atomic E-state index is 12.2. The van der Waals surface area contributed by atoms with Crippen LogP contribution in [0.1, 0.15) is 63.7 Å². The van der Waals surface area contributed by atoms with Crippen molar-refractivity contribution in [2.75, 3.05) is 11.9 Å². The minimum atomic E-state index is -0.320. The number of allylic oxidation sites excluding steroid dienone is 1. The van der Waals surface area contributed by atoms with E-state index >= 15 is 0 Å². The molecular weight excluding hydrogens is 314 g/mol. The number of ketones is 1. The second-order valence-electron chi connectivity index (χ2n) is 7.32. The molecule has 0 radical (unpaired) electrons. The fraction of sp³-hybridized carbons (Fsp3) is 0.524. The molecule has 136 valence electrons. The van der Waals surface area contributed by atoms with Crippen LogP contribution in [0.25, 0.3) is 0 Å². The van der Waals surface area contributed by atoms with Crippen LogP contribution in [0.15, 0.2) is 36.0 Å². The minimum absolute atomic E-state index is 0.235. The molecule has 1 N–H and O–H groups in total. The molecular formula is C21H29NO3. The summed E-state index contributed by atoms with van der Waals surface area (Å²) in [6.07, 6.45) is 5.38. The fourth-order valence-corrected chi connectivity index (χ4v) is 3.13. The number of hydrogen-bond acceptors (Lipinski definition) is 4. The number of nitrogens with one attached hydrogen (secondary N) is 1. The first-order valence-corrected chi connectivity index (χ1v) is 9.13. The Bertz CT molecular complexity index is 644. The highest BCUT2D eigenvalue weighted by Crippen LogP contribution is 2.41. The molecule has 1 aromatic carbocycles. The van der Waals surface area contributed by atoms with Crippen molar-refractivity contribution in [3.8, 4) is 0 Å². The van der Waals surface area contributed by atoms with Gasteiger partial charge in [0.05, 0.1) is 12.2 Å². The van der Waals surface area contributed by atoms with Crippen LogP contribution in [0, 0.1) is 11.3 Å². The molecule has 0 bridgehead atoms. The number of Topliss-reactive ketones (excluding diaryl/α,β-unsaturated/α-hetero) is 1. The second-order valence-corrected chi connectivity index (χ2v) is 7.32. The lowest BCUT2D eigenvalue weighted by atomic mass is 9.68. The molecule has 25 heavy (non-hydrogen) atoms. The predicted molar refractivity (Wildman–Crippen MR) is 101 cm³/mol. The summed E-state index contributed by atoms with van der Waals surface area (Å²) in [7, 11) is 0. The quantitative estimate of drug-likeness (QED) is 0.585. The number of hydrogen-bond donors (Lipinski definition) is 1. The highest BCUT2D eigenvalue weighted by atomic mass is 16.5. The Kier molecular flexibility index (Phi) is 6.40. The number of rotatable bonds is 6. The van der Waals surface area contributed by atoms with E-state index in [0.29, 0.717) is 24.5 Å². The molecule has 0 spiro atoms. The number of carbonyl (C=O) groups excluding carboxylic acids is 2. The SMILES string of the molecule is CCOC(=O)c1ccc(N/C=C2\C[C@@H](C(C)(C)CC)CCC2=O)cc1. The molecule has 1 atom stereocenters. The molecule has 1 aliphatic carbocycles. The molecule has 0 amide bonds. The van der Waals surface area contributed by atoms with Crippen LogP contribution in [0.4, 0.5) is 5.69 Å². The highest BCUT2D eigenvalue weighted by molar-refractivity contribution is 5.96. The number of carbonyl (C=O) groups is 2. The lowest BCUT2D eigenvalue weighted by Gasteiger charge is -2.36. The standard InChI is InChI=1S/C21H29NO3/c1-5-21(3,4)17-9-12-19(23)16(13-17)14-22-18-10-7-15(8-11-18)20(24)25-6-2/h7-8,10-11,14,17,22H,5-6,9,12-13H2,1-4H3/b16-14+/t17-/m0/s1. The van der Waals surface area contributed by atoms with Crippen LogP contribution in [-0.2, 0) is 9.53 Å². The van der Waals surface area contributed by atoms with Gasteiger partial charge in [0.2, 0.25) is 0 Å². The maximum Gasteiger partial charge on any atom is 0.338 e. The lowest BCUT2D eigenvalue weighted by molar-refractivity contribution is -0.117. The van der Waals surface area contributed by atoms with E-state index in [0.717, 1.165) is 30.5 Å². The van der Waals surface area contributed by atoms with Gasteiger partial charge in [0.1, 0.15) is 0 Å². The molecule has 0 unspecified atom stereocenters. The summed E-state index contributed by atoms with van der Waals surface area (Å²) in [5, 5.41) is 3.20. The molecule has 1 aromatic rings. The average Bonchev–Trinajstić information content (AvgIpc) is 2.61. The Morgan fingerprint density at radius 3 is 2.56 bits per heavy atom. The van der Waals surface area contributed by atoms with E-state index in [2.05, 4.69) is 26.1 Å². The van der Waals surface area contributed by atoms with Crippen molar-refractivity contribution < 1.29 is 14.3 Å². The monoisotopic (exact) mass is 343 g/mol. The van der Waals surface area contributed by atoms with Gasteiger partial charge in [-0.15, -0.1) is 0 Å². The van der Waals surface area contributed by atoms with Gasteiger partial charge in [0.15, 0.2) is 5.78 Å². The number of benzene rings is 1. The third-order valence-corrected chi connectivity index (χ3v) is 5.37. The summed E-state index contributed by atoms with van der Waals surface area (Å²) >= 11 is 0. The van der Waals surface area contributed by atoms with Crippen molar-refractivity contribution in [2.45, 2.75) is 53.4 Å². The van der Waals surface area contributed by atoms with Crippen molar-refractivity contribution in [2.24, 2.45) is 11.3 Å². The van der Waals surface area contributed by atoms with Crippen molar-refractivity contribution in [1.29, 1.82) is 0 Å². The van der Waals surface area contributed by atoms with E-state index in [-0.39, 0.29) is 17.2 Å².